The minimum absolute atomic E-state index is 0.189. The van der Waals surface area contributed by atoms with Crippen LogP contribution >= 0.6 is 0 Å². The highest BCUT2D eigenvalue weighted by molar-refractivity contribution is 5.70. The van der Waals surface area contributed by atoms with E-state index < -0.39 is 0 Å². The molecule has 0 rings (SSSR count). The van der Waals surface area contributed by atoms with Crippen molar-refractivity contribution in [2.75, 3.05) is 6.61 Å². The number of rotatable bonds is 8. The zero-order valence-corrected chi connectivity index (χ0v) is 10.7. The van der Waals surface area contributed by atoms with Gasteiger partial charge in [0.25, 0.3) is 0 Å². The van der Waals surface area contributed by atoms with Gasteiger partial charge < -0.3 is 4.74 Å². The molecule has 3 heteroatoms. The number of unbranched alkanes of at least 4 members (excludes halogenated alkanes) is 1. The predicted molar refractivity (Wildman–Crippen MR) is 63.7 cm³/mol. The zero-order chi connectivity index (χ0) is 12.4. The van der Waals surface area contributed by atoms with E-state index in [-0.39, 0.29) is 18.3 Å². The smallest absolute Gasteiger partial charge is 0.307 e. The number of esters is 1. The molecular weight excluding hydrogens is 202 g/mol. The summed E-state index contributed by atoms with van der Waals surface area (Å²) >= 11 is 0. The Balaban J connectivity index is 3.91. The lowest BCUT2D eigenvalue weighted by atomic mass is 9.91. The molecule has 0 aliphatic heterocycles. The van der Waals surface area contributed by atoms with E-state index in [4.69, 9.17) is 10.00 Å². The largest absolute Gasteiger partial charge is 0.466 e. The Hall–Kier alpha value is -1.04. The normalized spacial score (nSPS) is 13.9. The average Bonchev–Trinajstić information content (AvgIpc) is 2.25. The SMILES string of the molecule is CCCC[C@@H](C)C[C@@H](C#N)CC(=O)OCC. The fraction of sp³-hybridized carbons (Fsp3) is 0.846. The molecule has 0 amide bonds. The Bertz CT molecular complexity index is 233. The van der Waals surface area contributed by atoms with E-state index in [9.17, 15) is 4.79 Å². The number of nitrogens with zero attached hydrogens (tertiary/aromatic N) is 1. The second kappa shape index (κ2) is 9.21. The maximum Gasteiger partial charge on any atom is 0.307 e. The summed E-state index contributed by atoms with van der Waals surface area (Å²) in [5.41, 5.74) is 0. The summed E-state index contributed by atoms with van der Waals surface area (Å²) in [6, 6.07) is 2.20. The van der Waals surface area contributed by atoms with E-state index in [0.717, 1.165) is 12.8 Å². The Morgan fingerprint density at radius 3 is 2.62 bits per heavy atom. The zero-order valence-electron chi connectivity index (χ0n) is 10.7. The Morgan fingerprint density at radius 1 is 1.44 bits per heavy atom. The van der Waals surface area contributed by atoms with E-state index in [1.54, 1.807) is 6.92 Å². The van der Waals surface area contributed by atoms with Gasteiger partial charge in [0.15, 0.2) is 0 Å². The van der Waals surface area contributed by atoms with Crippen LogP contribution in [0.15, 0.2) is 0 Å². The predicted octanol–water partition coefficient (Wildman–Crippen LogP) is 3.30. The summed E-state index contributed by atoms with van der Waals surface area (Å²) in [4.78, 5) is 11.2. The quantitative estimate of drug-likeness (QED) is 0.595. The van der Waals surface area contributed by atoms with E-state index >= 15 is 0 Å². The molecule has 0 spiro atoms. The average molecular weight is 225 g/mol. The van der Waals surface area contributed by atoms with E-state index in [1.165, 1.54) is 12.8 Å². The molecule has 0 heterocycles. The summed E-state index contributed by atoms with van der Waals surface area (Å²) in [7, 11) is 0. The number of ether oxygens (including phenoxy) is 1. The van der Waals surface area contributed by atoms with Crippen molar-refractivity contribution >= 4 is 5.97 Å². The van der Waals surface area contributed by atoms with Gasteiger partial charge in [-0.3, -0.25) is 4.79 Å². The van der Waals surface area contributed by atoms with Crippen molar-refractivity contribution in [2.45, 2.75) is 52.9 Å². The molecule has 0 radical (unpaired) electrons. The van der Waals surface area contributed by atoms with Gasteiger partial charge in [-0.1, -0.05) is 33.1 Å². The maximum atomic E-state index is 11.2. The van der Waals surface area contributed by atoms with Crippen LogP contribution in [0.2, 0.25) is 0 Å². The van der Waals surface area contributed by atoms with Crippen molar-refractivity contribution in [3.05, 3.63) is 0 Å². The molecule has 0 unspecified atom stereocenters. The van der Waals surface area contributed by atoms with Crippen molar-refractivity contribution in [1.29, 1.82) is 5.26 Å². The second-order valence-electron chi connectivity index (χ2n) is 4.32. The molecule has 0 aromatic carbocycles. The summed E-state index contributed by atoms with van der Waals surface area (Å²) in [5, 5.41) is 8.96. The van der Waals surface area contributed by atoms with Crippen LogP contribution in [-0.2, 0) is 9.53 Å². The van der Waals surface area contributed by atoms with Gasteiger partial charge in [-0.2, -0.15) is 5.26 Å². The molecular formula is C13H23NO2. The monoisotopic (exact) mass is 225 g/mol. The van der Waals surface area contributed by atoms with Gasteiger partial charge in [-0.25, -0.2) is 0 Å². The van der Waals surface area contributed by atoms with Gasteiger partial charge in [0.1, 0.15) is 0 Å². The molecule has 0 bridgehead atoms. The minimum Gasteiger partial charge on any atom is -0.466 e. The van der Waals surface area contributed by atoms with Gasteiger partial charge in [-0.15, -0.1) is 0 Å². The van der Waals surface area contributed by atoms with Crippen molar-refractivity contribution in [1.82, 2.24) is 0 Å². The summed E-state index contributed by atoms with van der Waals surface area (Å²) in [6.07, 6.45) is 4.55. The molecule has 0 N–H and O–H groups in total. The van der Waals surface area contributed by atoms with Crippen molar-refractivity contribution in [2.24, 2.45) is 11.8 Å². The van der Waals surface area contributed by atoms with E-state index in [2.05, 4.69) is 19.9 Å². The standard InChI is InChI=1S/C13H23NO2/c1-4-6-7-11(3)8-12(10-14)9-13(15)16-5-2/h11-12H,4-9H2,1-3H3/t11-,12-/m1/s1. The van der Waals surface area contributed by atoms with Gasteiger partial charge in [0.05, 0.1) is 25.0 Å². The van der Waals surface area contributed by atoms with Crippen molar-refractivity contribution < 1.29 is 9.53 Å². The van der Waals surface area contributed by atoms with E-state index in [1.807, 2.05) is 0 Å². The summed E-state index contributed by atoms with van der Waals surface area (Å²) in [6.45, 7) is 6.48. The molecule has 0 aromatic rings. The first-order valence-electron chi connectivity index (χ1n) is 6.19. The van der Waals surface area contributed by atoms with Crippen LogP contribution in [-0.4, -0.2) is 12.6 Å². The fourth-order valence-electron chi connectivity index (χ4n) is 1.76. The molecule has 2 atom stereocenters. The summed E-state index contributed by atoms with van der Waals surface area (Å²) in [5.74, 6) is 0.0710. The van der Waals surface area contributed by atoms with Gasteiger partial charge in [-0.05, 0) is 19.3 Å². The molecule has 3 nitrogen and oxygen atoms in total. The lowest BCUT2D eigenvalue weighted by Gasteiger charge is -2.14. The lowest BCUT2D eigenvalue weighted by molar-refractivity contribution is -0.143. The van der Waals surface area contributed by atoms with Crippen LogP contribution in [0.1, 0.15) is 52.9 Å². The number of carbonyl (C=O) groups is 1. The topological polar surface area (TPSA) is 50.1 Å². The third-order valence-corrected chi connectivity index (χ3v) is 2.64. The first-order valence-corrected chi connectivity index (χ1v) is 6.19. The Kier molecular flexibility index (Phi) is 8.61. The minimum atomic E-state index is -0.253. The molecule has 92 valence electrons. The number of hydrogen-bond donors (Lipinski definition) is 0. The second-order valence-corrected chi connectivity index (χ2v) is 4.32. The van der Waals surface area contributed by atoms with Crippen LogP contribution in [0.5, 0.6) is 0 Å². The van der Waals surface area contributed by atoms with Crippen LogP contribution in [0.3, 0.4) is 0 Å². The Morgan fingerprint density at radius 2 is 2.12 bits per heavy atom. The Labute approximate surface area is 98.8 Å². The molecule has 0 aliphatic carbocycles. The highest BCUT2D eigenvalue weighted by Gasteiger charge is 2.16. The first-order chi connectivity index (χ1) is 7.63. The highest BCUT2D eigenvalue weighted by Crippen LogP contribution is 2.20. The van der Waals surface area contributed by atoms with Gasteiger partial charge >= 0.3 is 5.97 Å². The molecule has 0 aliphatic rings. The van der Waals surface area contributed by atoms with Crippen LogP contribution in [0, 0.1) is 23.2 Å². The molecule has 0 saturated heterocycles. The summed E-state index contributed by atoms with van der Waals surface area (Å²) < 4.78 is 4.85. The third kappa shape index (κ3) is 7.28. The fourth-order valence-corrected chi connectivity index (χ4v) is 1.76. The van der Waals surface area contributed by atoms with Crippen molar-refractivity contribution in [3.8, 4) is 6.07 Å². The van der Waals surface area contributed by atoms with Crippen LogP contribution in [0.25, 0.3) is 0 Å². The molecule has 0 fully saturated rings. The lowest BCUT2D eigenvalue weighted by Crippen LogP contribution is -2.13. The third-order valence-electron chi connectivity index (χ3n) is 2.64. The van der Waals surface area contributed by atoms with Gasteiger partial charge in [0, 0.05) is 0 Å². The number of hydrogen-bond acceptors (Lipinski definition) is 3. The van der Waals surface area contributed by atoms with E-state index in [0.29, 0.717) is 12.5 Å². The maximum absolute atomic E-state index is 11.2. The molecule has 16 heavy (non-hydrogen) atoms. The van der Waals surface area contributed by atoms with Crippen LogP contribution < -0.4 is 0 Å². The molecule has 0 aromatic heterocycles. The number of carbonyl (C=O) groups excluding carboxylic acids is 1. The highest BCUT2D eigenvalue weighted by atomic mass is 16.5. The van der Waals surface area contributed by atoms with Crippen LogP contribution in [0.4, 0.5) is 0 Å². The molecule has 0 saturated carbocycles. The van der Waals surface area contributed by atoms with Crippen molar-refractivity contribution in [3.63, 3.8) is 0 Å². The first kappa shape index (κ1) is 15.0. The number of nitriles is 1. The van der Waals surface area contributed by atoms with Gasteiger partial charge in [0.2, 0.25) is 0 Å².